The summed E-state index contributed by atoms with van der Waals surface area (Å²) < 4.78 is 6.78. The summed E-state index contributed by atoms with van der Waals surface area (Å²) in [4.78, 5) is 15.6. The summed E-state index contributed by atoms with van der Waals surface area (Å²) in [5.41, 5.74) is 0. The topological polar surface area (TPSA) is 48.0 Å². The van der Waals surface area contributed by atoms with E-state index in [4.69, 9.17) is 4.42 Å². The van der Waals surface area contributed by atoms with Gasteiger partial charge in [0.15, 0.2) is 5.82 Å². The largest absolute Gasteiger partial charge is 0.469 e. The van der Waals surface area contributed by atoms with Gasteiger partial charge in [-0.05, 0) is 12.1 Å². The number of carbonyl (C=O) groups is 1. The van der Waals surface area contributed by atoms with Gasteiger partial charge in [0.1, 0.15) is 5.76 Å². The van der Waals surface area contributed by atoms with Crippen molar-refractivity contribution in [1.29, 1.82) is 0 Å². The maximum atomic E-state index is 11.7. The van der Waals surface area contributed by atoms with Gasteiger partial charge in [0.25, 0.3) is 0 Å². The molecule has 0 spiro atoms. The van der Waals surface area contributed by atoms with Crippen LogP contribution in [-0.4, -0.2) is 15.3 Å². The molecule has 0 aliphatic carbocycles. The number of carbonyl (C=O) groups excluding carboxylic acids is 1. The van der Waals surface area contributed by atoms with E-state index in [1.807, 2.05) is 0 Å². The molecule has 0 N–H and O–H groups in total. The van der Waals surface area contributed by atoms with E-state index in [0.29, 0.717) is 11.6 Å². The summed E-state index contributed by atoms with van der Waals surface area (Å²) in [7, 11) is 1.79. The molecule has 72 valence electrons. The number of aryl methyl sites for hydroxylation is 1. The van der Waals surface area contributed by atoms with Gasteiger partial charge in [-0.3, -0.25) is 4.79 Å². The number of hydrogen-bond donors (Lipinski definition) is 0. The van der Waals surface area contributed by atoms with Gasteiger partial charge in [-0.15, -0.1) is 0 Å². The molecule has 0 aliphatic heterocycles. The third-order valence-electron chi connectivity index (χ3n) is 1.99. The molecule has 4 nitrogen and oxygen atoms in total. The van der Waals surface area contributed by atoms with Crippen LogP contribution in [0.2, 0.25) is 0 Å². The third kappa shape index (κ3) is 1.59. The summed E-state index contributed by atoms with van der Waals surface area (Å²) in [5.74, 6) is 1.09. The minimum atomic E-state index is -0.0348. The molecule has 4 heteroatoms. The van der Waals surface area contributed by atoms with Crippen molar-refractivity contribution in [1.82, 2.24) is 9.55 Å². The van der Waals surface area contributed by atoms with E-state index in [1.165, 1.54) is 0 Å². The van der Waals surface area contributed by atoms with Gasteiger partial charge in [-0.2, -0.15) is 0 Å². The minimum Gasteiger partial charge on any atom is -0.469 e. The van der Waals surface area contributed by atoms with E-state index >= 15 is 0 Å². The van der Waals surface area contributed by atoms with Crippen LogP contribution in [0, 0.1) is 0 Å². The van der Waals surface area contributed by atoms with Crippen molar-refractivity contribution in [3.05, 3.63) is 42.4 Å². The Morgan fingerprint density at radius 3 is 3.07 bits per heavy atom. The van der Waals surface area contributed by atoms with Crippen LogP contribution in [0.3, 0.4) is 0 Å². The lowest BCUT2D eigenvalue weighted by molar-refractivity contribution is 0.0974. The molecule has 0 saturated carbocycles. The highest BCUT2D eigenvalue weighted by molar-refractivity contribution is 5.94. The molecule has 2 aromatic heterocycles. The fourth-order valence-electron chi connectivity index (χ4n) is 1.28. The van der Waals surface area contributed by atoms with Gasteiger partial charge < -0.3 is 8.98 Å². The maximum absolute atomic E-state index is 11.7. The van der Waals surface area contributed by atoms with Crippen molar-refractivity contribution in [2.24, 2.45) is 7.05 Å². The number of imidazole rings is 1. The van der Waals surface area contributed by atoms with Crippen LogP contribution in [0.25, 0.3) is 0 Å². The van der Waals surface area contributed by atoms with Crippen LogP contribution < -0.4 is 0 Å². The SMILES string of the molecule is Cn1ccnc1C(=O)Cc1ccco1. The van der Waals surface area contributed by atoms with E-state index in [2.05, 4.69) is 4.98 Å². The first-order valence-electron chi connectivity index (χ1n) is 4.30. The fraction of sp³-hybridized carbons (Fsp3) is 0.200. The molecule has 0 saturated heterocycles. The molecule has 0 atom stereocenters. The number of nitrogens with zero attached hydrogens (tertiary/aromatic N) is 2. The van der Waals surface area contributed by atoms with Crippen LogP contribution in [-0.2, 0) is 13.5 Å². The van der Waals surface area contributed by atoms with Crippen molar-refractivity contribution < 1.29 is 9.21 Å². The second kappa shape index (κ2) is 3.49. The Bertz CT molecular complexity index is 429. The lowest BCUT2D eigenvalue weighted by Gasteiger charge is -1.98. The number of aromatic nitrogens is 2. The Balaban J connectivity index is 2.14. The summed E-state index contributed by atoms with van der Waals surface area (Å²) in [6, 6.07) is 3.54. The normalized spacial score (nSPS) is 10.4. The van der Waals surface area contributed by atoms with Gasteiger partial charge >= 0.3 is 0 Å². The molecule has 0 amide bonds. The lowest BCUT2D eigenvalue weighted by Crippen LogP contribution is -2.09. The van der Waals surface area contributed by atoms with Crippen LogP contribution >= 0.6 is 0 Å². The second-order valence-corrected chi connectivity index (χ2v) is 3.04. The standard InChI is InChI=1S/C10H10N2O2/c1-12-5-4-11-10(12)9(13)7-8-3-2-6-14-8/h2-6H,7H2,1H3. The van der Waals surface area contributed by atoms with Crippen molar-refractivity contribution >= 4 is 5.78 Å². The van der Waals surface area contributed by atoms with Crippen molar-refractivity contribution in [3.8, 4) is 0 Å². The molecule has 2 rings (SSSR count). The molecular formula is C10H10N2O2. The zero-order valence-corrected chi connectivity index (χ0v) is 7.80. The summed E-state index contributed by atoms with van der Waals surface area (Å²) in [6.07, 6.45) is 5.17. The molecule has 0 aliphatic rings. The zero-order chi connectivity index (χ0) is 9.97. The first kappa shape index (κ1) is 8.74. The Morgan fingerprint density at radius 2 is 2.50 bits per heavy atom. The minimum absolute atomic E-state index is 0.0348. The Labute approximate surface area is 81.2 Å². The molecule has 0 fully saturated rings. The quantitative estimate of drug-likeness (QED) is 0.688. The number of Topliss-reactive ketones (excluding diaryl/α,β-unsaturated/α-hetero) is 1. The van der Waals surface area contributed by atoms with E-state index in [-0.39, 0.29) is 12.2 Å². The predicted molar refractivity (Wildman–Crippen MR) is 50.0 cm³/mol. The van der Waals surface area contributed by atoms with Crippen LogP contribution in [0.1, 0.15) is 16.4 Å². The van der Waals surface area contributed by atoms with Crippen LogP contribution in [0.5, 0.6) is 0 Å². The van der Waals surface area contributed by atoms with Gasteiger partial charge in [-0.25, -0.2) is 4.98 Å². The van der Waals surface area contributed by atoms with Gasteiger partial charge in [0, 0.05) is 19.4 Å². The highest BCUT2D eigenvalue weighted by Gasteiger charge is 2.12. The number of ketones is 1. The van der Waals surface area contributed by atoms with Crippen molar-refractivity contribution in [3.63, 3.8) is 0 Å². The summed E-state index contributed by atoms with van der Waals surface area (Å²) >= 11 is 0. The lowest BCUT2D eigenvalue weighted by atomic mass is 10.2. The summed E-state index contributed by atoms with van der Waals surface area (Å²) in [5, 5.41) is 0. The molecule has 14 heavy (non-hydrogen) atoms. The van der Waals surface area contributed by atoms with E-state index in [9.17, 15) is 4.79 Å². The number of furan rings is 1. The molecular weight excluding hydrogens is 180 g/mol. The van der Waals surface area contributed by atoms with Crippen LogP contribution in [0.4, 0.5) is 0 Å². The maximum Gasteiger partial charge on any atom is 0.205 e. The number of hydrogen-bond acceptors (Lipinski definition) is 3. The van der Waals surface area contributed by atoms with Gasteiger partial charge in [-0.1, -0.05) is 0 Å². The monoisotopic (exact) mass is 190 g/mol. The highest BCUT2D eigenvalue weighted by atomic mass is 16.3. The smallest absolute Gasteiger partial charge is 0.205 e. The fourth-order valence-corrected chi connectivity index (χ4v) is 1.28. The summed E-state index contributed by atoms with van der Waals surface area (Å²) in [6.45, 7) is 0. The first-order chi connectivity index (χ1) is 6.77. The second-order valence-electron chi connectivity index (χ2n) is 3.04. The predicted octanol–water partition coefficient (Wildman–Crippen LogP) is 1.44. The van der Waals surface area contributed by atoms with Gasteiger partial charge in [0.05, 0.1) is 12.7 Å². The number of rotatable bonds is 3. The Kier molecular flexibility index (Phi) is 2.18. The Hall–Kier alpha value is -1.84. The average Bonchev–Trinajstić information content (AvgIpc) is 2.75. The van der Waals surface area contributed by atoms with Crippen molar-refractivity contribution in [2.75, 3.05) is 0 Å². The molecule has 2 heterocycles. The molecule has 0 radical (unpaired) electrons. The molecule has 0 unspecified atom stereocenters. The van der Waals surface area contributed by atoms with E-state index < -0.39 is 0 Å². The van der Waals surface area contributed by atoms with Gasteiger partial charge in [0.2, 0.25) is 5.78 Å². The Morgan fingerprint density at radius 1 is 1.64 bits per heavy atom. The van der Waals surface area contributed by atoms with E-state index in [1.54, 1.807) is 42.4 Å². The van der Waals surface area contributed by atoms with E-state index in [0.717, 1.165) is 0 Å². The van der Waals surface area contributed by atoms with Crippen molar-refractivity contribution in [2.45, 2.75) is 6.42 Å². The average molecular weight is 190 g/mol. The molecule has 0 aromatic carbocycles. The first-order valence-corrected chi connectivity index (χ1v) is 4.30. The zero-order valence-electron chi connectivity index (χ0n) is 7.80. The van der Waals surface area contributed by atoms with Crippen LogP contribution in [0.15, 0.2) is 35.2 Å². The molecule has 0 bridgehead atoms. The molecule has 2 aromatic rings. The highest BCUT2D eigenvalue weighted by Crippen LogP contribution is 2.05. The third-order valence-corrected chi connectivity index (χ3v) is 1.99.